The fourth-order valence-electron chi connectivity index (χ4n) is 2.70. The zero-order chi connectivity index (χ0) is 18.1. The van der Waals surface area contributed by atoms with Crippen molar-refractivity contribution in [2.24, 2.45) is 4.99 Å². The Bertz CT molecular complexity index is 1030. The van der Waals surface area contributed by atoms with Crippen LogP contribution in [0, 0.1) is 6.92 Å². The zero-order valence-corrected chi connectivity index (χ0v) is 16.3. The summed E-state index contributed by atoms with van der Waals surface area (Å²) < 4.78 is 0. The van der Waals surface area contributed by atoms with Gasteiger partial charge in [0.25, 0.3) is 5.91 Å². The molecular formula is C20H15ClN2OS2. The number of aliphatic imine (C=N–C) groups is 1. The third kappa shape index (κ3) is 3.56. The number of carbonyl (C=O) groups is 1. The van der Waals surface area contributed by atoms with Gasteiger partial charge in [-0.25, -0.2) is 4.99 Å². The summed E-state index contributed by atoms with van der Waals surface area (Å²) in [6.07, 6.45) is 0. The molecule has 4 rings (SSSR count). The van der Waals surface area contributed by atoms with Crippen LogP contribution < -0.4 is 5.32 Å². The van der Waals surface area contributed by atoms with Gasteiger partial charge in [0.05, 0.1) is 12.2 Å². The minimum absolute atomic E-state index is 0.114. The Hall–Kier alpha value is -2.08. The summed E-state index contributed by atoms with van der Waals surface area (Å²) in [7, 11) is 0. The number of carbonyl (C=O) groups excluding carboxylic acids is 1. The molecule has 0 saturated heterocycles. The van der Waals surface area contributed by atoms with Crippen LogP contribution in [0.4, 0.5) is 5.69 Å². The molecule has 3 aromatic rings. The minimum atomic E-state index is -0.114. The summed E-state index contributed by atoms with van der Waals surface area (Å²) in [4.78, 5) is 20.2. The molecule has 0 fully saturated rings. The van der Waals surface area contributed by atoms with Gasteiger partial charge in [-0.05, 0) is 48.2 Å². The molecule has 0 bridgehead atoms. The van der Waals surface area contributed by atoms with Gasteiger partial charge in [-0.15, -0.1) is 11.3 Å². The minimum Gasteiger partial charge on any atom is -0.347 e. The first-order valence-corrected chi connectivity index (χ1v) is 10.2. The molecule has 2 aromatic carbocycles. The van der Waals surface area contributed by atoms with Gasteiger partial charge >= 0.3 is 0 Å². The predicted molar refractivity (Wildman–Crippen MR) is 109 cm³/mol. The van der Waals surface area contributed by atoms with Crippen LogP contribution in [-0.4, -0.2) is 11.1 Å². The van der Waals surface area contributed by atoms with Crippen LogP contribution in [-0.2, 0) is 6.54 Å². The molecule has 0 saturated carbocycles. The number of fused-ring (bicyclic) bond motifs is 2. The number of nitrogens with zero attached hydrogens (tertiary/aromatic N) is 1. The molecule has 2 heterocycles. The molecule has 130 valence electrons. The van der Waals surface area contributed by atoms with Crippen molar-refractivity contribution in [1.82, 2.24) is 5.32 Å². The number of rotatable bonds is 3. The number of halogens is 1. The van der Waals surface area contributed by atoms with Crippen molar-refractivity contribution in [3.8, 4) is 0 Å². The molecule has 0 unspecified atom stereocenters. The lowest BCUT2D eigenvalue weighted by Crippen LogP contribution is -2.22. The van der Waals surface area contributed by atoms with E-state index in [1.54, 1.807) is 29.2 Å². The summed E-state index contributed by atoms with van der Waals surface area (Å²) in [6.45, 7) is 2.57. The summed E-state index contributed by atoms with van der Waals surface area (Å²) in [6, 6.07) is 15.5. The topological polar surface area (TPSA) is 41.5 Å². The quantitative estimate of drug-likeness (QED) is 0.608. The van der Waals surface area contributed by atoms with Gasteiger partial charge in [0.2, 0.25) is 0 Å². The largest absolute Gasteiger partial charge is 0.347 e. The normalized spacial score (nSPS) is 12.6. The van der Waals surface area contributed by atoms with Gasteiger partial charge in [-0.3, -0.25) is 4.79 Å². The van der Waals surface area contributed by atoms with E-state index in [1.807, 2.05) is 43.3 Å². The highest BCUT2D eigenvalue weighted by molar-refractivity contribution is 7.99. The van der Waals surface area contributed by atoms with Crippen LogP contribution in [0.3, 0.4) is 0 Å². The van der Waals surface area contributed by atoms with E-state index in [2.05, 4.69) is 21.8 Å². The Balaban J connectivity index is 1.58. The van der Waals surface area contributed by atoms with E-state index >= 15 is 0 Å². The summed E-state index contributed by atoms with van der Waals surface area (Å²) in [5.74, 6) is -0.114. The number of amides is 1. The summed E-state index contributed by atoms with van der Waals surface area (Å²) in [5, 5.41) is 5.48. The molecule has 6 heteroatoms. The number of nitrogens with one attached hydrogen (secondary N) is 1. The van der Waals surface area contributed by atoms with Crippen molar-refractivity contribution in [3.63, 3.8) is 0 Å². The van der Waals surface area contributed by atoms with Crippen molar-refractivity contribution < 1.29 is 4.79 Å². The van der Waals surface area contributed by atoms with E-state index < -0.39 is 0 Å². The van der Waals surface area contributed by atoms with Crippen molar-refractivity contribution in [1.29, 1.82) is 0 Å². The molecule has 3 nitrogen and oxygen atoms in total. The van der Waals surface area contributed by atoms with E-state index in [-0.39, 0.29) is 5.91 Å². The number of hydrogen-bond donors (Lipinski definition) is 1. The maximum atomic E-state index is 12.5. The second kappa shape index (κ2) is 7.27. The average molecular weight is 399 g/mol. The Morgan fingerprint density at radius 3 is 2.81 bits per heavy atom. The molecular weight excluding hydrogens is 384 g/mol. The molecule has 26 heavy (non-hydrogen) atoms. The smallest absolute Gasteiger partial charge is 0.251 e. The first-order chi connectivity index (χ1) is 12.6. The van der Waals surface area contributed by atoms with Gasteiger partial charge in [-0.2, -0.15) is 0 Å². The van der Waals surface area contributed by atoms with Crippen molar-refractivity contribution in [2.75, 3.05) is 0 Å². The van der Waals surface area contributed by atoms with Gasteiger partial charge in [0, 0.05) is 25.8 Å². The Labute approximate surface area is 165 Å². The first kappa shape index (κ1) is 17.3. The SMILES string of the molecule is Cc1csc(CNC(=O)c2ccc3c(c2)N=C(Cl)c2ccccc2S3)c1. The fourth-order valence-corrected chi connectivity index (χ4v) is 4.83. The Morgan fingerprint density at radius 2 is 2.00 bits per heavy atom. The molecule has 0 atom stereocenters. The summed E-state index contributed by atoms with van der Waals surface area (Å²) >= 11 is 9.65. The van der Waals surface area contributed by atoms with Crippen LogP contribution >= 0.6 is 34.7 Å². The van der Waals surface area contributed by atoms with Crippen LogP contribution in [0.15, 0.2) is 68.7 Å². The van der Waals surface area contributed by atoms with Crippen LogP contribution in [0.25, 0.3) is 0 Å². The monoisotopic (exact) mass is 398 g/mol. The van der Waals surface area contributed by atoms with Gasteiger partial charge in [-0.1, -0.05) is 41.6 Å². The van der Waals surface area contributed by atoms with Crippen LogP contribution in [0.2, 0.25) is 0 Å². The van der Waals surface area contributed by atoms with Crippen molar-refractivity contribution in [2.45, 2.75) is 23.3 Å². The molecule has 0 aliphatic carbocycles. The lowest BCUT2D eigenvalue weighted by atomic mass is 10.2. The second-order valence-corrected chi connectivity index (χ2v) is 8.39. The molecule has 1 aliphatic rings. The number of aryl methyl sites for hydroxylation is 1. The van der Waals surface area contributed by atoms with Gasteiger partial charge in [0.1, 0.15) is 5.17 Å². The average Bonchev–Trinajstić information content (AvgIpc) is 3.00. The van der Waals surface area contributed by atoms with E-state index in [1.165, 1.54) is 5.56 Å². The highest BCUT2D eigenvalue weighted by Crippen LogP contribution is 2.41. The third-order valence-corrected chi connectivity index (χ3v) is 6.46. The molecule has 1 aliphatic heterocycles. The summed E-state index contributed by atoms with van der Waals surface area (Å²) in [5.41, 5.74) is 3.42. The van der Waals surface area contributed by atoms with E-state index in [4.69, 9.17) is 11.6 Å². The number of thiophene rings is 1. The standard InChI is InChI=1S/C20H15ClN2OS2/c1-12-8-14(25-11-12)10-22-20(24)13-6-7-18-16(9-13)23-19(21)15-4-2-3-5-17(15)26-18/h2-9,11H,10H2,1H3,(H,22,24). The Morgan fingerprint density at radius 1 is 1.15 bits per heavy atom. The number of benzene rings is 2. The van der Waals surface area contributed by atoms with Crippen molar-refractivity contribution in [3.05, 3.63) is 75.5 Å². The highest BCUT2D eigenvalue weighted by Gasteiger charge is 2.17. The van der Waals surface area contributed by atoms with E-state index in [9.17, 15) is 4.79 Å². The van der Waals surface area contributed by atoms with Gasteiger partial charge < -0.3 is 5.32 Å². The molecule has 0 spiro atoms. The number of hydrogen-bond acceptors (Lipinski definition) is 4. The van der Waals surface area contributed by atoms with Crippen LogP contribution in [0.5, 0.6) is 0 Å². The lowest BCUT2D eigenvalue weighted by molar-refractivity contribution is 0.0951. The molecule has 1 amide bonds. The molecule has 1 aromatic heterocycles. The van der Waals surface area contributed by atoms with Gasteiger partial charge in [0.15, 0.2) is 0 Å². The lowest BCUT2D eigenvalue weighted by Gasteiger charge is -2.07. The zero-order valence-electron chi connectivity index (χ0n) is 14.0. The first-order valence-electron chi connectivity index (χ1n) is 8.08. The maximum Gasteiger partial charge on any atom is 0.251 e. The Kier molecular flexibility index (Phi) is 4.85. The van der Waals surface area contributed by atoms with E-state index in [0.29, 0.717) is 17.3 Å². The highest BCUT2D eigenvalue weighted by atomic mass is 35.5. The predicted octanol–water partition coefficient (Wildman–Crippen LogP) is 5.77. The maximum absolute atomic E-state index is 12.5. The van der Waals surface area contributed by atoms with E-state index in [0.717, 1.165) is 25.9 Å². The second-order valence-electron chi connectivity index (χ2n) is 5.96. The van der Waals surface area contributed by atoms with Crippen LogP contribution in [0.1, 0.15) is 26.4 Å². The fraction of sp³-hybridized carbons (Fsp3) is 0.100. The van der Waals surface area contributed by atoms with Crippen molar-refractivity contribution >= 4 is 51.5 Å². The molecule has 1 N–H and O–H groups in total. The molecule has 0 radical (unpaired) electrons. The third-order valence-electron chi connectivity index (χ3n) is 3.98.